The molecule has 0 aromatic heterocycles. The number of nitrogens with zero attached hydrogens (tertiary/aromatic N) is 2. The van der Waals surface area contributed by atoms with Crippen LogP contribution in [0.1, 0.15) is 181 Å². The zero-order valence-corrected chi connectivity index (χ0v) is 42.7. The highest BCUT2D eigenvalue weighted by molar-refractivity contribution is 7.91. The van der Waals surface area contributed by atoms with Crippen LogP contribution in [0.3, 0.4) is 0 Å². The molecule has 0 spiro atoms. The number of aliphatic hydroxyl groups excluding tert-OH is 1. The van der Waals surface area contributed by atoms with Crippen LogP contribution in [0.15, 0.2) is 76.7 Å². The summed E-state index contributed by atoms with van der Waals surface area (Å²) in [5.74, 6) is 0.911. The molecule has 3 aliphatic rings. The van der Waals surface area contributed by atoms with Crippen LogP contribution < -0.4 is 4.72 Å². The van der Waals surface area contributed by atoms with Gasteiger partial charge in [-0.3, -0.25) is 9.98 Å². The molecule has 3 fully saturated rings. The van der Waals surface area contributed by atoms with Gasteiger partial charge >= 0.3 is 0 Å². The number of aromatic hydroxyl groups is 2. The van der Waals surface area contributed by atoms with E-state index in [1.807, 2.05) is 68.7 Å². The normalized spacial score (nSPS) is 23.9. The minimum Gasteiger partial charge on any atom is -0.507 e. The molecular formula is C56H79N3O5S. The van der Waals surface area contributed by atoms with Crippen molar-refractivity contribution in [1.29, 1.82) is 0 Å². The number of aliphatic hydroxyl groups is 1. The first kappa shape index (κ1) is 50.4. The number of phenolic OH excluding ortho intramolecular Hbond substituents is 2. The average Bonchev–Trinajstić information content (AvgIpc) is 3.59. The Bertz CT molecular complexity index is 2430. The molecule has 0 saturated heterocycles. The number of sulfonamides is 1. The fourth-order valence-corrected chi connectivity index (χ4v) is 12.9. The minimum atomic E-state index is -3.65. The van der Waals surface area contributed by atoms with E-state index in [2.05, 4.69) is 112 Å². The summed E-state index contributed by atoms with van der Waals surface area (Å²) in [7, 11) is -3.65. The summed E-state index contributed by atoms with van der Waals surface area (Å²) < 4.78 is 28.3. The SMILES string of the molecule is CC(C)(C)c1cc(C=N[C@H]2CCCC[C@H]2N=Cc2cc(C(C)(C)C)cc(C(C)(C)C)c2O)c(O)c(C(C)(C)C)c1.CC1(C)C2CCC1(S(=O)(=O)NCc1cccc3ccccc13)C(O)C2. The third kappa shape index (κ3) is 10.3. The van der Waals surface area contributed by atoms with Crippen LogP contribution >= 0.6 is 0 Å². The van der Waals surface area contributed by atoms with Gasteiger partial charge in [0.2, 0.25) is 10.0 Å². The lowest BCUT2D eigenvalue weighted by Crippen LogP contribution is -2.56. The summed E-state index contributed by atoms with van der Waals surface area (Å²) in [6.45, 7) is 30.3. The number of benzene rings is 4. The molecule has 4 aromatic rings. The second-order valence-electron chi connectivity index (χ2n) is 24.0. The molecule has 9 heteroatoms. The van der Waals surface area contributed by atoms with Crippen LogP contribution in [-0.4, -0.2) is 59.1 Å². The van der Waals surface area contributed by atoms with Crippen molar-refractivity contribution in [3.63, 3.8) is 0 Å². The molecule has 0 heterocycles. The van der Waals surface area contributed by atoms with E-state index in [-0.39, 0.29) is 46.2 Å². The van der Waals surface area contributed by atoms with E-state index < -0.39 is 26.3 Å². The van der Waals surface area contributed by atoms with Crippen molar-refractivity contribution in [1.82, 2.24) is 4.72 Å². The van der Waals surface area contributed by atoms with Gasteiger partial charge in [-0.1, -0.05) is 164 Å². The van der Waals surface area contributed by atoms with Crippen LogP contribution in [0.4, 0.5) is 0 Å². The van der Waals surface area contributed by atoms with Crippen molar-refractivity contribution in [2.45, 2.75) is 193 Å². The van der Waals surface area contributed by atoms with E-state index in [0.717, 1.165) is 70.7 Å². The molecule has 3 unspecified atom stereocenters. The summed E-state index contributed by atoms with van der Waals surface area (Å²) in [6.07, 6.45) is 9.12. The molecule has 5 atom stereocenters. The Hall–Kier alpha value is -4.05. The maximum atomic E-state index is 13.3. The summed E-state index contributed by atoms with van der Waals surface area (Å²) in [4.78, 5) is 10.1. The molecule has 4 aromatic carbocycles. The van der Waals surface area contributed by atoms with Crippen molar-refractivity contribution in [3.05, 3.63) is 106 Å². The Labute approximate surface area is 391 Å². The Kier molecular flexibility index (Phi) is 14.1. The molecule has 0 amide bonds. The Morgan fingerprint density at radius 1 is 0.677 bits per heavy atom. The number of hydrogen-bond donors (Lipinski definition) is 4. The summed E-state index contributed by atoms with van der Waals surface area (Å²) in [5, 5.41) is 35.2. The highest BCUT2D eigenvalue weighted by Gasteiger charge is 2.70. The molecule has 65 heavy (non-hydrogen) atoms. The minimum absolute atomic E-state index is 0.0378. The Morgan fingerprint density at radius 2 is 1.15 bits per heavy atom. The van der Waals surface area contributed by atoms with Gasteiger partial charge in [0, 0.05) is 41.2 Å². The van der Waals surface area contributed by atoms with E-state index in [0.29, 0.717) is 24.3 Å². The molecule has 7 rings (SSSR count). The number of nitrogens with one attached hydrogen (secondary N) is 1. The molecular weight excluding hydrogens is 827 g/mol. The highest BCUT2D eigenvalue weighted by atomic mass is 32.2. The van der Waals surface area contributed by atoms with Gasteiger partial charge in [0.1, 0.15) is 16.2 Å². The smallest absolute Gasteiger partial charge is 0.220 e. The van der Waals surface area contributed by atoms with Gasteiger partial charge in [-0.05, 0) is 105 Å². The van der Waals surface area contributed by atoms with Crippen LogP contribution in [0.25, 0.3) is 10.8 Å². The van der Waals surface area contributed by atoms with Crippen LogP contribution in [0, 0.1) is 11.3 Å². The summed E-state index contributed by atoms with van der Waals surface area (Å²) >= 11 is 0. The quantitative estimate of drug-likeness (QED) is 0.131. The van der Waals surface area contributed by atoms with Crippen molar-refractivity contribution < 1.29 is 23.7 Å². The summed E-state index contributed by atoms with van der Waals surface area (Å²) in [6, 6.07) is 22.4. The second kappa shape index (κ2) is 18.2. The number of fused-ring (bicyclic) bond motifs is 3. The van der Waals surface area contributed by atoms with Gasteiger partial charge in [0.15, 0.2) is 0 Å². The predicted molar refractivity (Wildman–Crippen MR) is 272 cm³/mol. The van der Waals surface area contributed by atoms with E-state index in [9.17, 15) is 23.7 Å². The first-order chi connectivity index (χ1) is 30.0. The molecule has 354 valence electrons. The molecule has 3 saturated carbocycles. The fraction of sp³-hybridized carbons (Fsp3) is 0.571. The van der Waals surface area contributed by atoms with Gasteiger partial charge in [-0.2, -0.15) is 0 Å². The Morgan fingerprint density at radius 3 is 1.58 bits per heavy atom. The van der Waals surface area contributed by atoms with Gasteiger partial charge < -0.3 is 15.3 Å². The molecule has 0 radical (unpaired) electrons. The fourth-order valence-electron chi connectivity index (χ4n) is 10.6. The number of aliphatic imine (C=N–C) groups is 2. The largest absolute Gasteiger partial charge is 0.507 e. The lowest BCUT2D eigenvalue weighted by molar-refractivity contribution is 0.110. The number of rotatable bonds is 8. The monoisotopic (exact) mass is 906 g/mol. The highest BCUT2D eigenvalue weighted by Crippen LogP contribution is 2.63. The first-order valence-electron chi connectivity index (χ1n) is 24.0. The molecule has 2 bridgehead atoms. The summed E-state index contributed by atoms with van der Waals surface area (Å²) in [5.41, 5.74) is 5.95. The third-order valence-corrected chi connectivity index (χ3v) is 17.5. The van der Waals surface area contributed by atoms with Gasteiger partial charge in [0.05, 0.1) is 18.2 Å². The maximum absolute atomic E-state index is 13.3. The van der Waals surface area contributed by atoms with Gasteiger partial charge in [-0.25, -0.2) is 13.1 Å². The van der Waals surface area contributed by atoms with Crippen molar-refractivity contribution in [2.75, 3.05) is 0 Å². The molecule has 8 nitrogen and oxygen atoms in total. The zero-order valence-electron chi connectivity index (χ0n) is 41.9. The lowest BCUT2D eigenvalue weighted by atomic mass is 9.79. The topological polar surface area (TPSA) is 132 Å². The molecule has 4 N–H and O–H groups in total. The Balaban J connectivity index is 0.000000238. The van der Waals surface area contributed by atoms with Crippen molar-refractivity contribution >= 4 is 33.2 Å². The molecule has 3 aliphatic carbocycles. The zero-order chi connectivity index (χ0) is 48.1. The predicted octanol–water partition coefficient (Wildman–Crippen LogP) is 12.3. The first-order valence-corrected chi connectivity index (χ1v) is 25.4. The van der Waals surface area contributed by atoms with Crippen molar-refractivity contribution in [2.24, 2.45) is 21.3 Å². The average molecular weight is 906 g/mol. The van der Waals surface area contributed by atoms with Crippen LogP contribution in [-0.2, 0) is 38.2 Å². The van der Waals surface area contributed by atoms with E-state index in [1.165, 1.54) is 11.1 Å². The van der Waals surface area contributed by atoms with Gasteiger partial charge in [-0.15, -0.1) is 0 Å². The number of phenols is 2. The third-order valence-electron chi connectivity index (χ3n) is 15.0. The van der Waals surface area contributed by atoms with E-state index in [1.54, 1.807) is 0 Å². The second-order valence-corrected chi connectivity index (χ2v) is 26.0. The van der Waals surface area contributed by atoms with E-state index >= 15 is 0 Å². The molecule has 0 aliphatic heterocycles. The standard InChI is InChI=1S/C36H54N2O2.C20H25NO3S/c1-33(2,3)25-17-23(31(39)27(19-25)35(7,8)9)21-37-29-15-13-14-16-30(29)38-22-24-18-26(34(4,5)6)20-28(32(24)40)36(10,11)12;1-19(2)16-10-11-20(19,18(22)12-16)25(23,24)21-13-15-8-5-7-14-6-3-4-9-17(14)15/h17-22,29-30,39-40H,13-16H2,1-12H3;3-9,16,18,21-22H,10-13H2,1-2H3/t29-,30+;. The lowest BCUT2D eigenvalue weighted by Gasteiger charge is -2.39. The van der Waals surface area contributed by atoms with Gasteiger partial charge in [0.25, 0.3) is 0 Å². The number of hydrogen-bond acceptors (Lipinski definition) is 7. The van der Waals surface area contributed by atoms with Crippen molar-refractivity contribution in [3.8, 4) is 11.5 Å². The van der Waals surface area contributed by atoms with Crippen LogP contribution in [0.2, 0.25) is 0 Å². The maximum Gasteiger partial charge on any atom is 0.220 e. The van der Waals surface area contributed by atoms with Crippen LogP contribution in [0.5, 0.6) is 11.5 Å². The van der Waals surface area contributed by atoms with E-state index in [4.69, 9.17) is 9.98 Å².